The normalized spacial score (nSPS) is 11.7. The van der Waals surface area contributed by atoms with Crippen molar-refractivity contribution < 1.29 is 19.4 Å². The Labute approximate surface area is 134 Å². The van der Waals surface area contributed by atoms with Crippen LogP contribution >= 0.6 is 11.6 Å². The average Bonchev–Trinajstić information content (AvgIpc) is 2.47. The molecule has 0 aliphatic rings. The van der Waals surface area contributed by atoms with Crippen LogP contribution in [0.2, 0.25) is 5.02 Å². The van der Waals surface area contributed by atoms with Crippen LogP contribution in [0.3, 0.4) is 0 Å². The molecule has 4 nitrogen and oxygen atoms in total. The summed E-state index contributed by atoms with van der Waals surface area (Å²) < 4.78 is 11.2. The fourth-order valence-corrected chi connectivity index (χ4v) is 2.01. The molecular formula is C17H17ClO4. The number of hydrogen-bond donors (Lipinski definition) is 1. The van der Waals surface area contributed by atoms with Crippen LogP contribution in [0.15, 0.2) is 48.5 Å². The van der Waals surface area contributed by atoms with E-state index in [2.05, 4.69) is 0 Å². The first-order chi connectivity index (χ1) is 10.5. The third-order valence-corrected chi connectivity index (χ3v) is 3.19. The minimum absolute atomic E-state index is 0.0329. The number of hydrogen-bond acceptors (Lipinski definition) is 3. The Bertz CT molecular complexity index is 608. The third kappa shape index (κ3) is 5.30. The van der Waals surface area contributed by atoms with Gasteiger partial charge in [-0.15, -0.1) is 0 Å². The van der Waals surface area contributed by atoms with Crippen LogP contribution in [-0.2, 0) is 11.4 Å². The molecule has 0 aromatic heterocycles. The van der Waals surface area contributed by atoms with E-state index in [0.29, 0.717) is 23.1 Å². The Morgan fingerprint density at radius 3 is 2.27 bits per heavy atom. The van der Waals surface area contributed by atoms with E-state index in [0.717, 1.165) is 5.56 Å². The standard InChI is InChI=1S/C17H17ClO4/c1-12(10-17(19)20)22-16-8-6-15(7-9-16)21-11-13-2-4-14(18)5-3-13/h2-9,12H,10-11H2,1H3,(H,19,20). The molecule has 0 radical (unpaired) electrons. The quantitative estimate of drug-likeness (QED) is 0.832. The average molecular weight is 321 g/mol. The van der Waals surface area contributed by atoms with Crippen molar-refractivity contribution in [2.45, 2.75) is 26.1 Å². The highest BCUT2D eigenvalue weighted by molar-refractivity contribution is 6.30. The summed E-state index contributed by atoms with van der Waals surface area (Å²) in [5, 5.41) is 9.39. The van der Waals surface area contributed by atoms with Gasteiger partial charge in [0.25, 0.3) is 0 Å². The van der Waals surface area contributed by atoms with Gasteiger partial charge in [-0.05, 0) is 48.9 Å². The van der Waals surface area contributed by atoms with E-state index in [1.54, 1.807) is 31.2 Å². The van der Waals surface area contributed by atoms with Crippen molar-refractivity contribution in [3.63, 3.8) is 0 Å². The number of ether oxygens (including phenoxy) is 2. The Balaban J connectivity index is 1.86. The van der Waals surface area contributed by atoms with Gasteiger partial charge in [-0.3, -0.25) is 4.79 Å². The van der Waals surface area contributed by atoms with Crippen LogP contribution in [0.5, 0.6) is 11.5 Å². The zero-order chi connectivity index (χ0) is 15.9. The van der Waals surface area contributed by atoms with Crippen molar-refractivity contribution in [3.05, 3.63) is 59.1 Å². The Kier molecular flexibility index (Phi) is 5.67. The third-order valence-electron chi connectivity index (χ3n) is 2.94. The van der Waals surface area contributed by atoms with E-state index < -0.39 is 5.97 Å². The van der Waals surface area contributed by atoms with Gasteiger partial charge in [0.1, 0.15) is 24.2 Å². The highest BCUT2D eigenvalue weighted by atomic mass is 35.5. The molecule has 1 unspecified atom stereocenters. The predicted octanol–water partition coefficient (Wildman–Crippen LogP) is 4.16. The van der Waals surface area contributed by atoms with E-state index in [1.807, 2.05) is 24.3 Å². The fraction of sp³-hybridized carbons (Fsp3) is 0.235. The first-order valence-corrected chi connectivity index (χ1v) is 7.26. The lowest BCUT2D eigenvalue weighted by atomic mass is 10.2. The van der Waals surface area contributed by atoms with Gasteiger partial charge < -0.3 is 14.6 Å². The second kappa shape index (κ2) is 7.71. The number of benzene rings is 2. The van der Waals surface area contributed by atoms with Crippen LogP contribution in [0.1, 0.15) is 18.9 Å². The second-order valence-corrected chi connectivity index (χ2v) is 5.35. The molecular weight excluding hydrogens is 304 g/mol. The van der Waals surface area contributed by atoms with Gasteiger partial charge in [0.15, 0.2) is 0 Å². The van der Waals surface area contributed by atoms with Crippen molar-refractivity contribution >= 4 is 17.6 Å². The van der Waals surface area contributed by atoms with Crippen molar-refractivity contribution in [1.82, 2.24) is 0 Å². The first-order valence-electron chi connectivity index (χ1n) is 6.88. The highest BCUT2D eigenvalue weighted by Crippen LogP contribution is 2.20. The summed E-state index contributed by atoms with van der Waals surface area (Å²) >= 11 is 5.83. The van der Waals surface area contributed by atoms with Crippen molar-refractivity contribution in [1.29, 1.82) is 0 Å². The number of aliphatic carboxylic acids is 1. The fourth-order valence-electron chi connectivity index (χ4n) is 1.88. The molecule has 0 bridgehead atoms. The van der Waals surface area contributed by atoms with Gasteiger partial charge in [0.2, 0.25) is 0 Å². The van der Waals surface area contributed by atoms with E-state index >= 15 is 0 Å². The predicted molar refractivity (Wildman–Crippen MR) is 84.6 cm³/mol. The van der Waals surface area contributed by atoms with Crippen molar-refractivity contribution in [3.8, 4) is 11.5 Å². The maximum atomic E-state index is 10.6. The lowest BCUT2D eigenvalue weighted by molar-refractivity contribution is -0.138. The van der Waals surface area contributed by atoms with Crippen LogP contribution < -0.4 is 9.47 Å². The molecule has 0 aliphatic heterocycles. The molecule has 1 N–H and O–H groups in total. The Hall–Kier alpha value is -2.20. The molecule has 1 atom stereocenters. The molecule has 5 heteroatoms. The summed E-state index contributed by atoms with van der Waals surface area (Å²) in [5.41, 5.74) is 1.03. The smallest absolute Gasteiger partial charge is 0.307 e. The summed E-state index contributed by atoms with van der Waals surface area (Å²) in [6, 6.07) is 14.6. The molecule has 2 aromatic rings. The Morgan fingerprint density at radius 2 is 1.68 bits per heavy atom. The van der Waals surface area contributed by atoms with E-state index in [-0.39, 0.29) is 12.5 Å². The first kappa shape index (κ1) is 16.2. The minimum Gasteiger partial charge on any atom is -0.490 e. The molecule has 2 rings (SSSR count). The van der Waals surface area contributed by atoms with Gasteiger partial charge in [-0.25, -0.2) is 0 Å². The molecule has 2 aromatic carbocycles. The van der Waals surface area contributed by atoms with E-state index in [4.69, 9.17) is 26.2 Å². The van der Waals surface area contributed by atoms with Crippen LogP contribution in [0.25, 0.3) is 0 Å². The second-order valence-electron chi connectivity index (χ2n) is 4.91. The van der Waals surface area contributed by atoms with Crippen molar-refractivity contribution in [2.75, 3.05) is 0 Å². The summed E-state index contributed by atoms with van der Waals surface area (Å²) in [7, 11) is 0. The van der Waals surface area contributed by atoms with Gasteiger partial charge >= 0.3 is 5.97 Å². The molecule has 0 saturated carbocycles. The van der Waals surface area contributed by atoms with Gasteiger partial charge in [0, 0.05) is 5.02 Å². The number of rotatable bonds is 7. The topological polar surface area (TPSA) is 55.8 Å². The minimum atomic E-state index is -0.879. The maximum Gasteiger partial charge on any atom is 0.307 e. The molecule has 0 amide bonds. The molecule has 22 heavy (non-hydrogen) atoms. The van der Waals surface area contributed by atoms with E-state index in [1.165, 1.54) is 0 Å². The van der Waals surface area contributed by atoms with Crippen LogP contribution in [0.4, 0.5) is 0 Å². The van der Waals surface area contributed by atoms with E-state index in [9.17, 15) is 4.79 Å². The zero-order valence-corrected chi connectivity index (χ0v) is 12.9. The molecule has 0 aliphatic carbocycles. The largest absolute Gasteiger partial charge is 0.490 e. The molecule has 0 spiro atoms. The molecule has 0 fully saturated rings. The van der Waals surface area contributed by atoms with Crippen LogP contribution in [0, 0.1) is 0 Å². The maximum absolute atomic E-state index is 10.6. The summed E-state index contributed by atoms with van der Waals surface area (Å²) in [6.45, 7) is 2.17. The van der Waals surface area contributed by atoms with Gasteiger partial charge in [-0.1, -0.05) is 23.7 Å². The molecule has 0 heterocycles. The number of carbonyl (C=O) groups is 1. The van der Waals surface area contributed by atoms with Gasteiger partial charge in [0.05, 0.1) is 6.42 Å². The van der Waals surface area contributed by atoms with Gasteiger partial charge in [-0.2, -0.15) is 0 Å². The SMILES string of the molecule is CC(CC(=O)O)Oc1ccc(OCc2ccc(Cl)cc2)cc1. The van der Waals surface area contributed by atoms with Crippen LogP contribution in [-0.4, -0.2) is 17.2 Å². The zero-order valence-electron chi connectivity index (χ0n) is 12.2. The summed E-state index contributed by atoms with van der Waals surface area (Å²) in [4.78, 5) is 10.6. The summed E-state index contributed by atoms with van der Waals surface area (Å²) in [5.74, 6) is 0.455. The highest BCUT2D eigenvalue weighted by Gasteiger charge is 2.09. The molecule has 0 saturated heterocycles. The lowest BCUT2D eigenvalue weighted by Crippen LogP contribution is -2.16. The van der Waals surface area contributed by atoms with Crippen molar-refractivity contribution in [2.24, 2.45) is 0 Å². The molecule has 116 valence electrons. The number of carboxylic acid groups (broad SMARTS) is 1. The lowest BCUT2D eigenvalue weighted by Gasteiger charge is -2.13. The number of halogens is 1. The number of carboxylic acids is 1. The monoisotopic (exact) mass is 320 g/mol. The summed E-state index contributed by atoms with van der Waals surface area (Å²) in [6.07, 6.45) is -0.409. The Morgan fingerprint density at radius 1 is 1.09 bits per heavy atom.